The Bertz CT molecular complexity index is 189. The first-order valence-electron chi connectivity index (χ1n) is 5.26. The summed E-state index contributed by atoms with van der Waals surface area (Å²) in [6, 6.07) is 0. The van der Waals surface area contributed by atoms with Crippen molar-refractivity contribution in [3.05, 3.63) is 0 Å². The third-order valence-electron chi connectivity index (χ3n) is 4.34. The van der Waals surface area contributed by atoms with Crippen molar-refractivity contribution >= 4 is 6.29 Å². The minimum atomic E-state index is 0. The van der Waals surface area contributed by atoms with Crippen molar-refractivity contribution in [2.24, 2.45) is 23.2 Å². The van der Waals surface area contributed by atoms with Crippen LogP contribution in [0.3, 0.4) is 0 Å². The number of carbonyl (C=O) groups is 1. The van der Waals surface area contributed by atoms with Crippen molar-refractivity contribution < 1.29 is 4.79 Å². The number of rotatable bonds is 1. The minimum absolute atomic E-state index is 0. The molecule has 4 aliphatic rings. The van der Waals surface area contributed by atoms with E-state index in [4.69, 9.17) is 0 Å². The highest BCUT2D eigenvalue weighted by Gasteiger charge is 2.50. The Kier molecular flexibility index (Phi) is 1.99. The SMILES string of the molecule is N.O=CC12CC3CC(CC(C3)C1)C2. The van der Waals surface area contributed by atoms with Crippen LogP contribution in [0.15, 0.2) is 0 Å². The lowest BCUT2D eigenvalue weighted by Crippen LogP contribution is -2.46. The van der Waals surface area contributed by atoms with Crippen LogP contribution >= 0.6 is 0 Å². The van der Waals surface area contributed by atoms with Gasteiger partial charge in [-0.3, -0.25) is 0 Å². The Morgan fingerprint density at radius 3 is 1.62 bits per heavy atom. The molecule has 0 radical (unpaired) electrons. The Labute approximate surface area is 79.7 Å². The molecule has 4 fully saturated rings. The van der Waals surface area contributed by atoms with Crippen LogP contribution in [0.2, 0.25) is 0 Å². The van der Waals surface area contributed by atoms with Crippen molar-refractivity contribution in [3.8, 4) is 0 Å². The number of hydrogen-bond donors (Lipinski definition) is 1. The molecule has 4 aliphatic carbocycles. The summed E-state index contributed by atoms with van der Waals surface area (Å²) in [5.41, 5.74) is 0.161. The summed E-state index contributed by atoms with van der Waals surface area (Å²) in [6.07, 6.45) is 9.28. The molecule has 0 aromatic carbocycles. The second-order valence-corrected chi connectivity index (χ2v) is 5.40. The quantitative estimate of drug-likeness (QED) is 0.632. The smallest absolute Gasteiger partial charge is 0.126 e. The van der Waals surface area contributed by atoms with Crippen LogP contribution in [0.1, 0.15) is 38.5 Å². The minimum Gasteiger partial charge on any atom is -0.344 e. The van der Waals surface area contributed by atoms with Crippen LogP contribution in [0.25, 0.3) is 0 Å². The van der Waals surface area contributed by atoms with Crippen LogP contribution in [0.5, 0.6) is 0 Å². The van der Waals surface area contributed by atoms with Gasteiger partial charge in [0.15, 0.2) is 0 Å². The molecule has 0 spiro atoms. The molecule has 13 heavy (non-hydrogen) atoms. The van der Waals surface area contributed by atoms with Gasteiger partial charge in [-0.25, -0.2) is 0 Å². The molecular formula is C11H19NO. The number of hydrogen-bond acceptors (Lipinski definition) is 2. The summed E-state index contributed by atoms with van der Waals surface area (Å²) >= 11 is 0. The standard InChI is InChI=1S/C11H16O.H3N/c12-7-11-4-8-1-9(5-11)3-10(2-8)6-11;/h7-10H,1-6H2;1H3. The molecule has 0 amide bonds. The van der Waals surface area contributed by atoms with E-state index in [0.717, 1.165) is 17.8 Å². The predicted molar refractivity (Wildman–Crippen MR) is 51.7 cm³/mol. The first-order valence-corrected chi connectivity index (χ1v) is 5.26. The fourth-order valence-electron chi connectivity index (χ4n) is 4.32. The van der Waals surface area contributed by atoms with E-state index in [2.05, 4.69) is 0 Å². The van der Waals surface area contributed by atoms with Crippen LogP contribution in [-0.2, 0) is 4.79 Å². The number of aldehydes is 1. The molecule has 2 heteroatoms. The summed E-state index contributed by atoms with van der Waals surface area (Å²) < 4.78 is 0. The molecule has 74 valence electrons. The Hall–Kier alpha value is -0.370. The zero-order valence-corrected chi connectivity index (χ0v) is 8.17. The lowest BCUT2D eigenvalue weighted by atomic mass is 9.50. The van der Waals surface area contributed by atoms with Crippen molar-refractivity contribution in [2.75, 3.05) is 0 Å². The second-order valence-electron chi connectivity index (χ2n) is 5.40. The highest BCUT2D eigenvalue weighted by atomic mass is 16.1. The van der Waals surface area contributed by atoms with Crippen LogP contribution in [-0.4, -0.2) is 6.29 Å². The lowest BCUT2D eigenvalue weighted by molar-refractivity contribution is -0.130. The number of carbonyl (C=O) groups excluding carboxylic acids is 1. The molecule has 0 unspecified atom stereocenters. The van der Waals surface area contributed by atoms with Gasteiger partial charge in [0, 0.05) is 5.41 Å². The van der Waals surface area contributed by atoms with Gasteiger partial charge in [-0.15, -0.1) is 0 Å². The summed E-state index contributed by atoms with van der Waals surface area (Å²) in [6.45, 7) is 0. The molecule has 0 atom stereocenters. The molecular weight excluding hydrogens is 162 g/mol. The Morgan fingerprint density at radius 1 is 0.923 bits per heavy atom. The van der Waals surface area contributed by atoms with E-state index in [0.29, 0.717) is 0 Å². The molecule has 0 aromatic rings. The molecule has 4 rings (SSSR count). The largest absolute Gasteiger partial charge is 0.344 e. The lowest BCUT2D eigenvalue weighted by Gasteiger charge is -2.54. The van der Waals surface area contributed by atoms with Crippen molar-refractivity contribution in [1.29, 1.82) is 0 Å². The Morgan fingerprint density at radius 2 is 1.31 bits per heavy atom. The van der Waals surface area contributed by atoms with E-state index < -0.39 is 0 Å². The fraction of sp³-hybridized carbons (Fsp3) is 0.909. The highest BCUT2D eigenvalue weighted by molar-refractivity contribution is 5.60. The van der Waals surface area contributed by atoms with E-state index in [-0.39, 0.29) is 11.6 Å². The van der Waals surface area contributed by atoms with Crippen molar-refractivity contribution in [2.45, 2.75) is 38.5 Å². The van der Waals surface area contributed by atoms with Gasteiger partial charge in [0.2, 0.25) is 0 Å². The monoisotopic (exact) mass is 181 g/mol. The van der Waals surface area contributed by atoms with Crippen LogP contribution in [0.4, 0.5) is 0 Å². The van der Waals surface area contributed by atoms with E-state index >= 15 is 0 Å². The normalized spacial score (nSPS) is 51.5. The summed E-state index contributed by atoms with van der Waals surface area (Å²) in [4.78, 5) is 11.1. The molecule has 0 saturated heterocycles. The zero-order valence-electron chi connectivity index (χ0n) is 8.17. The summed E-state index contributed by atoms with van der Waals surface area (Å²) in [5, 5.41) is 0. The van der Waals surface area contributed by atoms with E-state index in [1.807, 2.05) is 0 Å². The maximum absolute atomic E-state index is 11.1. The highest BCUT2D eigenvalue weighted by Crippen LogP contribution is 2.58. The van der Waals surface area contributed by atoms with Gasteiger partial charge in [-0.2, -0.15) is 0 Å². The molecule has 0 heterocycles. The van der Waals surface area contributed by atoms with Gasteiger partial charge in [0.25, 0.3) is 0 Å². The maximum atomic E-state index is 11.1. The van der Waals surface area contributed by atoms with Gasteiger partial charge >= 0.3 is 0 Å². The van der Waals surface area contributed by atoms with E-state index in [1.54, 1.807) is 0 Å². The van der Waals surface area contributed by atoms with Gasteiger partial charge in [0.05, 0.1) is 0 Å². The fourth-order valence-corrected chi connectivity index (χ4v) is 4.32. The second kappa shape index (κ2) is 2.81. The first kappa shape index (κ1) is 9.20. The topological polar surface area (TPSA) is 52.1 Å². The van der Waals surface area contributed by atoms with Crippen LogP contribution in [0, 0.1) is 23.2 Å². The molecule has 2 nitrogen and oxygen atoms in total. The first-order chi connectivity index (χ1) is 5.80. The average molecular weight is 181 g/mol. The average Bonchev–Trinajstić information content (AvgIpc) is 2.02. The molecule has 0 aromatic heterocycles. The van der Waals surface area contributed by atoms with E-state index in [9.17, 15) is 4.79 Å². The molecule has 0 aliphatic heterocycles. The predicted octanol–water partition coefficient (Wildman–Crippen LogP) is 2.56. The summed E-state index contributed by atoms with van der Waals surface area (Å²) in [5.74, 6) is 2.75. The van der Waals surface area contributed by atoms with Gasteiger partial charge in [0.1, 0.15) is 6.29 Å². The van der Waals surface area contributed by atoms with Gasteiger partial charge in [-0.05, 0) is 56.3 Å². The van der Waals surface area contributed by atoms with Crippen molar-refractivity contribution in [3.63, 3.8) is 0 Å². The molecule has 4 bridgehead atoms. The third-order valence-corrected chi connectivity index (χ3v) is 4.34. The summed E-state index contributed by atoms with van der Waals surface area (Å²) in [7, 11) is 0. The molecule has 4 saturated carbocycles. The van der Waals surface area contributed by atoms with Gasteiger partial charge in [-0.1, -0.05) is 0 Å². The third kappa shape index (κ3) is 1.23. The molecule has 3 N–H and O–H groups in total. The van der Waals surface area contributed by atoms with Crippen LogP contribution < -0.4 is 6.15 Å². The zero-order chi connectivity index (χ0) is 8.18. The van der Waals surface area contributed by atoms with Crippen molar-refractivity contribution in [1.82, 2.24) is 6.15 Å². The maximum Gasteiger partial charge on any atom is 0.126 e. The van der Waals surface area contributed by atoms with Gasteiger partial charge < -0.3 is 10.9 Å². The van der Waals surface area contributed by atoms with E-state index in [1.165, 1.54) is 44.8 Å². The Balaban J connectivity index is 0.000000653.